The number of rotatable bonds is 0. The van der Waals surface area contributed by atoms with Crippen molar-refractivity contribution in [3.8, 4) is 11.5 Å². The van der Waals surface area contributed by atoms with Crippen LogP contribution in [0.15, 0.2) is 6.07 Å². The first kappa shape index (κ1) is 8.21. The summed E-state index contributed by atoms with van der Waals surface area (Å²) in [5.74, 6) is -0.114. The minimum atomic E-state index is -0.0766. The van der Waals surface area contributed by atoms with Crippen molar-refractivity contribution in [1.82, 2.24) is 0 Å². The molecule has 0 aliphatic carbocycles. The zero-order chi connectivity index (χ0) is 8.59. The van der Waals surface area contributed by atoms with E-state index in [1.165, 1.54) is 6.07 Å². The first-order chi connectivity index (χ1) is 5.04. The monoisotopic (exact) mass is 172 g/mol. The van der Waals surface area contributed by atoms with Gasteiger partial charge in [-0.2, -0.15) is 0 Å². The molecule has 0 aliphatic heterocycles. The number of benzene rings is 1. The molecule has 0 unspecified atom stereocenters. The van der Waals surface area contributed by atoms with Gasteiger partial charge >= 0.3 is 0 Å². The number of hydrogen-bond donors (Lipinski definition) is 2. The van der Waals surface area contributed by atoms with Crippen molar-refractivity contribution in [2.24, 2.45) is 0 Å². The van der Waals surface area contributed by atoms with E-state index in [2.05, 4.69) is 0 Å². The van der Waals surface area contributed by atoms with Crippen molar-refractivity contribution < 1.29 is 10.2 Å². The zero-order valence-electron chi connectivity index (χ0n) is 6.35. The summed E-state index contributed by atoms with van der Waals surface area (Å²) in [6.45, 7) is 3.54. The Kier molecular flexibility index (Phi) is 1.96. The lowest BCUT2D eigenvalue weighted by Gasteiger charge is -2.06. The predicted octanol–water partition coefficient (Wildman–Crippen LogP) is 2.37. The highest BCUT2D eigenvalue weighted by Crippen LogP contribution is 2.36. The van der Waals surface area contributed by atoms with Gasteiger partial charge in [0.05, 0.1) is 0 Å². The van der Waals surface area contributed by atoms with E-state index in [1.54, 1.807) is 13.8 Å². The lowest BCUT2D eigenvalue weighted by atomic mass is 10.1. The van der Waals surface area contributed by atoms with Gasteiger partial charge in [-0.15, -0.1) is 0 Å². The topological polar surface area (TPSA) is 40.5 Å². The molecule has 0 bridgehead atoms. The van der Waals surface area contributed by atoms with E-state index in [-0.39, 0.29) is 16.5 Å². The van der Waals surface area contributed by atoms with E-state index in [9.17, 15) is 5.11 Å². The van der Waals surface area contributed by atoms with Gasteiger partial charge in [-0.1, -0.05) is 11.6 Å². The molecule has 0 aromatic heterocycles. The fraction of sp³-hybridized carbons (Fsp3) is 0.250. The van der Waals surface area contributed by atoms with Crippen LogP contribution in [0.2, 0.25) is 5.02 Å². The first-order valence-corrected chi connectivity index (χ1v) is 3.59. The normalized spacial score (nSPS) is 10.1. The molecule has 0 saturated carbocycles. The number of aromatic hydroxyl groups is 2. The lowest BCUT2D eigenvalue weighted by molar-refractivity contribution is 0.447. The minimum absolute atomic E-state index is 0.0214. The SMILES string of the molecule is Cc1cc(O)c(Cl)c(O)c1C. The third-order valence-electron chi connectivity index (χ3n) is 1.73. The van der Waals surface area contributed by atoms with Crippen LogP contribution in [-0.4, -0.2) is 10.2 Å². The Morgan fingerprint density at radius 1 is 1.27 bits per heavy atom. The Balaban J connectivity index is 3.46. The maximum atomic E-state index is 9.28. The molecule has 60 valence electrons. The van der Waals surface area contributed by atoms with Crippen LogP contribution in [0.5, 0.6) is 11.5 Å². The summed E-state index contributed by atoms with van der Waals surface area (Å²) in [4.78, 5) is 0. The highest BCUT2D eigenvalue weighted by molar-refractivity contribution is 6.33. The minimum Gasteiger partial charge on any atom is -0.506 e. The van der Waals surface area contributed by atoms with Gasteiger partial charge in [0.25, 0.3) is 0 Å². The Bertz CT molecular complexity index is 268. The van der Waals surface area contributed by atoms with E-state index in [1.807, 2.05) is 0 Å². The number of phenolic OH excluding ortho intramolecular Hbond substituents is 2. The molecule has 0 amide bonds. The molecular weight excluding hydrogens is 164 g/mol. The summed E-state index contributed by atoms with van der Waals surface area (Å²) < 4.78 is 0. The van der Waals surface area contributed by atoms with E-state index in [4.69, 9.17) is 16.7 Å². The average Bonchev–Trinajstić information content (AvgIpc) is 1.97. The van der Waals surface area contributed by atoms with E-state index < -0.39 is 0 Å². The van der Waals surface area contributed by atoms with Crippen molar-refractivity contribution in [1.29, 1.82) is 0 Å². The van der Waals surface area contributed by atoms with Gasteiger partial charge in [0.2, 0.25) is 0 Å². The third-order valence-corrected chi connectivity index (χ3v) is 2.11. The molecule has 0 aliphatic rings. The van der Waals surface area contributed by atoms with Crippen LogP contribution >= 0.6 is 11.6 Å². The van der Waals surface area contributed by atoms with Crippen LogP contribution in [0.1, 0.15) is 11.1 Å². The second kappa shape index (κ2) is 2.62. The number of phenols is 2. The summed E-state index contributed by atoms with van der Waals surface area (Å²) in [7, 11) is 0. The van der Waals surface area contributed by atoms with Crippen LogP contribution in [0.3, 0.4) is 0 Å². The summed E-state index contributed by atoms with van der Waals surface area (Å²) in [6.07, 6.45) is 0. The fourth-order valence-electron chi connectivity index (χ4n) is 0.849. The largest absolute Gasteiger partial charge is 0.506 e. The summed E-state index contributed by atoms with van der Waals surface area (Å²) in [5.41, 5.74) is 1.53. The third kappa shape index (κ3) is 1.26. The van der Waals surface area contributed by atoms with E-state index in [0.29, 0.717) is 5.56 Å². The molecular formula is C8H9ClO2. The highest BCUT2D eigenvalue weighted by Gasteiger charge is 2.09. The Hall–Kier alpha value is -0.890. The number of halogens is 1. The van der Waals surface area contributed by atoms with Gasteiger partial charge in [-0.25, -0.2) is 0 Å². The molecule has 0 saturated heterocycles. The molecule has 0 spiro atoms. The van der Waals surface area contributed by atoms with Crippen molar-refractivity contribution in [2.75, 3.05) is 0 Å². The molecule has 3 heteroatoms. The van der Waals surface area contributed by atoms with Crippen molar-refractivity contribution >= 4 is 11.6 Å². The maximum absolute atomic E-state index is 9.28. The summed E-state index contributed by atoms with van der Waals surface area (Å²) >= 11 is 5.55. The molecule has 11 heavy (non-hydrogen) atoms. The zero-order valence-corrected chi connectivity index (χ0v) is 7.11. The molecule has 2 N–H and O–H groups in total. The highest BCUT2D eigenvalue weighted by atomic mass is 35.5. The van der Waals surface area contributed by atoms with Crippen LogP contribution < -0.4 is 0 Å². The van der Waals surface area contributed by atoms with Gasteiger partial charge in [0, 0.05) is 0 Å². The molecule has 1 rings (SSSR count). The number of aryl methyl sites for hydroxylation is 1. The lowest BCUT2D eigenvalue weighted by Crippen LogP contribution is -1.82. The Morgan fingerprint density at radius 2 is 1.82 bits per heavy atom. The average molecular weight is 173 g/mol. The van der Waals surface area contributed by atoms with E-state index in [0.717, 1.165) is 5.56 Å². The Morgan fingerprint density at radius 3 is 2.36 bits per heavy atom. The standard InChI is InChI=1S/C8H9ClO2/c1-4-3-6(10)7(9)8(11)5(4)2/h3,10-11H,1-2H3. The van der Waals surface area contributed by atoms with Crippen LogP contribution in [-0.2, 0) is 0 Å². The van der Waals surface area contributed by atoms with Gasteiger partial charge in [0.15, 0.2) is 0 Å². The second-order valence-corrected chi connectivity index (χ2v) is 2.88. The van der Waals surface area contributed by atoms with Crippen LogP contribution in [0.25, 0.3) is 0 Å². The van der Waals surface area contributed by atoms with Crippen LogP contribution in [0, 0.1) is 13.8 Å². The molecule has 1 aromatic carbocycles. The van der Waals surface area contributed by atoms with Crippen molar-refractivity contribution in [3.05, 3.63) is 22.2 Å². The second-order valence-electron chi connectivity index (χ2n) is 2.50. The van der Waals surface area contributed by atoms with Crippen molar-refractivity contribution in [3.63, 3.8) is 0 Å². The van der Waals surface area contributed by atoms with E-state index >= 15 is 0 Å². The van der Waals surface area contributed by atoms with Crippen LogP contribution in [0.4, 0.5) is 0 Å². The van der Waals surface area contributed by atoms with Gasteiger partial charge in [-0.05, 0) is 31.0 Å². The quantitative estimate of drug-likeness (QED) is 0.631. The molecule has 2 nitrogen and oxygen atoms in total. The first-order valence-electron chi connectivity index (χ1n) is 3.21. The summed E-state index contributed by atoms with van der Waals surface area (Å²) in [6, 6.07) is 1.53. The maximum Gasteiger partial charge on any atom is 0.141 e. The fourth-order valence-corrected chi connectivity index (χ4v) is 1.05. The smallest absolute Gasteiger partial charge is 0.141 e. The van der Waals surface area contributed by atoms with Gasteiger partial charge in [-0.3, -0.25) is 0 Å². The van der Waals surface area contributed by atoms with Gasteiger partial charge < -0.3 is 10.2 Å². The molecule has 0 radical (unpaired) electrons. The molecule has 0 atom stereocenters. The van der Waals surface area contributed by atoms with Crippen molar-refractivity contribution in [2.45, 2.75) is 13.8 Å². The molecule has 0 heterocycles. The number of hydrogen-bond acceptors (Lipinski definition) is 2. The Labute approximate surface area is 70.1 Å². The predicted molar refractivity (Wildman–Crippen MR) is 44.3 cm³/mol. The molecule has 1 aromatic rings. The summed E-state index contributed by atoms with van der Waals surface area (Å²) in [5, 5.41) is 18.4. The van der Waals surface area contributed by atoms with Gasteiger partial charge in [0.1, 0.15) is 16.5 Å². The molecule has 0 fully saturated rings.